The Morgan fingerprint density at radius 3 is 2.68 bits per heavy atom. The predicted octanol–water partition coefficient (Wildman–Crippen LogP) is 2.91. The molecule has 0 radical (unpaired) electrons. The van der Waals surface area contributed by atoms with Crippen LogP contribution in [-0.4, -0.2) is 46.1 Å². The van der Waals surface area contributed by atoms with Crippen molar-refractivity contribution >= 4 is 17.5 Å². The molecular weight excluding hydrogens is 396 g/mol. The monoisotopic (exact) mass is 430 g/mol. The van der Waals surface area contributed by atoms with Crippen LogP contribution in [0, 0.1) is 28.6 Å². The van der Waals surface area contributed by atoms with Crippen LogP contribution in [0.5, 0.6) is 0 Å². The molecule has 170 valence electrons. The van der Waals surface area contributed by atoms with E-state index in [0.29, 0.717) is 6.42 Å². The minimum Gasteiger partial charge on any atom is -0.466 e. The second kappa shape index (κ2) is 7.38. The molecule has 2 N–H and O–H groups in total. The molecule has 0 spiro atoms. The lowest BCUT2D eigenvalue weighted by Crippen LogP contribution is -2.59. The number of esters is 1. The third kappa shape index (κ3) is 3.01. The van der Waals surface area contributed by atoms with Crippen molar-refractivity contribution in [3.63, 3.8) is 0 Å². The number of fused-ring (bicyclic) bond motifs is 5. The van der Waals surface area contributed by atoms with Crippen LogP contribution in [0.4, 0.5) is 0 Å². The van der Waals surface area contributed by atoms with Crippen LogP contribution >= 0.6 is 0 Å². The number of aliphatic hydroxyl groups excluding tert-OH is 1. The van der Waals surface area contributed by atoms with Crippen LogP contribution in [0.15, 0.2) is 23.3 Å². The SMILES string of the molecule is CCC(=O)OCC[C@@]1(O)C(C)C[C@H]2[C@@H]3CCC4=CC(=O)C(=O)C[C@]4(C)C3=CC(O)[C@@]21C. The van der Waals surface area contributed by atoms with Crippen molar-refractivity contribution in [2.45, 2.75) is 77.9 Å². The van der Waals surface area contributed by atoms with Gasteiger partial charge in [0.2, 0.25) is 11.6 Å². The molecule has 6 nitrogen and oxygen atoms in total. The van der Waals surface area contributed by atoms with Gasteiger partial charge in [0.05, 0.1) is 18.3 Å². The number of ether oxygens (including phenoxy) is 1. The van der Waals surface area contributed by atoms with Gasteiger partial charge in [-0.15, -0.1) is 0 Å². The number of hydrogen-bond acceptors (Lipinski definition) is 6. The lowest BCUT2D eigenvalue weighted by atomic mass is 9.49. The van der Waals surface area contributed by atoms with E-state index in [-0.39, 0.29) is 49.0 Å². The Hall–Kier alpha value is -1.79. The average Bonchev–Trinajstić information content (AvgIpc) is 2.92. The lowest BCUT2D eigenvalue weighted by molar-refractivity contribution is -0.164. The van der Waals surface area contributed by atoms with Crippen molar-refractivity contribution < 1.29 is 29.3 Å². The van der Waals surface area contributed by atoms with Gasteiger partial charge in [-0.2, -0.15) is 0 Å². The summed E-state index contributed by atoms with van der Waals surface area (Å²) in [4.78, 5) is 35.9. The quantitative estimate of drug-likeness (QED) is 0.404. The predicted molar refractivity (Wildman–Crippen MR) is 114 cm³/mol. The molecule has 4 aliphatic carbocycles. The summed E-state index contributed by atoms with van der Waals surface area (Å²) >= 11 is 0. The highest BCUT2D eigenvalue weighted by Crippen LogP contribution is 2.67. The Kier molecular flexibility index (Phi) is 5.33. The maximum Gasteiger partial charge on any atom is 0.305 e. The lowest BCUT2D eigenvalue weighted by Gasteiger charge is -2.56. The van der Waals surface area contributed by atoms with Gasteiger partial charge < -0.3 is 14.9 Å². The molecule has 0 heterocycles. The van der Waals surface area contributed by atoms with E-state index in [4.69, 9.17) is 4.74 Å². The van der Waals surface area contributed by atoms with E-state index in [1.807, 2.05) is 26.8 Å². The van der Waals surface area contributed by atoms with E-state index >= 15 is 0 Å². The summed E-state index contributed by atoms with van der Waals surface area (Å²) in [7, 11) is 0. The van der Waals surface area contributed by atoms with E-state index < -0.39 is 28.3 Å². The highest BCUT2D eigenvalue weighted by molar-refractivity contribution is 6.42. The van der Waals surface area contributed by atoms with Crippen LogP contribution in [-0.2, 0) is 19.1 Å². The summed E-state index contributed by atoms with van der Waals surface area (Å²) < 4.78 is 5.27. The Morgan fingerprint density at radius 1 is 1.29 bits per heavy atom. The summed E-state index contributed by atoms with van der Waals surface area (Å²) in [5.74, 6) is -0.951. The zero-order valence-corrected chi connectivity index (χ0v) is 18.9. The minimum absolute atomic E-state index is 0.0514. The fourth-order valence-electron chi connectivity index (χ4n) is 7.17. The number of Topliss-reactive ketones (excluding diaryl/α,β-unsaturated/α-hetero) is 1. The third-order valence-corrected chi connectivity index (χ3v) is 9.16. The van der Waals surface area contributed by atoms with Crippen LogP contribution in [0.2, 0.25) is 0 Å². The second-order valence-electron chi connectivity index (χ2n) is 10.5. The molecule has 4 rings (SSSR count). The van der Waals surface area contributed by atoms with Crippen molar-refractivity contribution in [1.29, 1.82) is 0 Å². The molecular formula is C25H34O6. The van der Waals surface area contributed by atoms with Gasteiger partial charge in [-0.1, -0.05) is 44.9 Å². The van der Waals surface area contributed by atoms with E-state index in [1.165, 1.54) is 6.08 Å². The first kappa shape index (κ1) is 22.4. The fraction of sp³-hybridized carbons (Fsp3) is 0.720. The zero-order chi connectivity index (χ0) is 22.8. The molecule has 0 saturated heterocycles. The Balaban J connectivity index is 1.70. The minimum atomic E-state index is -1.16. The van der Waals surface area contributed by atoms with E-state index in [9.17, 15) is 24.6 Å². The molecule has 2 fully saturated rings. The molecule has 0 amide bonds. The molecule has 0 aliphatic heterocycles. The fourth-order valence-corrected chi connectivity index (χ4v) is 7.17. The summed E-state index contributed by atoms with van der Waals surface area (Å²) in [6.45, 7) is 7.86. The van der Waals surface area contributed by atoms with Crippen molar-refractivity contribution in [1.82, 2.24) is 0 Å². The molecule has 6 heteroatoms. The molecule has 0 bridgehead atoms. The number of carbonyl (C=O) groups excluding carboxylic acids is 3. The smallest absolute Gasteiger partial charge is 0.305 e. The highest BCUT2D eigenvalue weighted by atomic mass is 16.5. The largest absolute Gasteiger partial charge is 0.466 e. The summed E-state index contributed by atoms with van der Waals surface area (Å²) in [6.07, 6.45) is 5.58. The normalized spacial score (nSPS) is 44.1. The Bertz CT molecular complexity index is 886. The standard InChI is InChI=1S/C25H34O6/c1-5-22(29)31-9-8-25(30)14(2)10-18-16-7-6-15-11-19(26)20(27)13-23(15,3)17(16)12-21(28)24(18,25)4/h11-12,14,16,18,21,28,30H,5-10,13H2,1-4H3/t14?,16-,18+,21?,23+,24-,25-/m1/s1. The summed E-state index contributed by atoms with van der Waals surface area (Å²) in [5.41, 5.74) is -0.428. The second-order valence-corrected chi connectivity index (χ2v) is 10.5. The van der Waals surface area contributed by atoms with E-state index in [1.54, 1.807) is 6.92 Å². The van der Waals surface area contributed by atoms with Crippen LogP contribution in [0.1, 0.15) is 66.2 Å². The van der Waals surface area contributed by atoms with E-state index in [0.717, 1.165) is 30.4 Å². The van der Waals surface area contributed by atoms with Gasteiger partial charge in [0, 0.05) is 30.1 Å². The van der Waals surface area contributed by atoms with Gasteiger partial charge in [0.15, 0.2) is 0 Å². The number of rotatable bonds is 4. The molecule has 2 saturated carbocycles. The molecule has 2 unspecified atom stereocenters. The number of allylic oxidation sites excluding steroid dienone is 3. The molecule has 4 aliphatic rings. The van der Waals surface area contributed by atoms with Gasteiger partial charge >= 0.3 is 5.97 Å². The highest BCUT2D eigenvalue weighted by Gasteiger charge is 2.67. The van der Waals surface area contributed by atoms with Gasteiger partial charge in [-0.3, -0.25) is 14.4 Å². The maximum absolute atomic E-state index is 12.3. The van der Waals surface area contributed by atoms with Crippen LogP contribution < -0.4 is 0 Å². The van der Waals surface area contributed by atoms with Crippen LogP contribution in [0.3, 0.4) is 0 Å². The first-order valence-electron chi connectivity index (χ1n) is 11.6. The summed E-state index contributed by atoms with van der Waals surface area (Å²) in [5, 5.41) is 23.2. The van der Waals surface area contributed by atoms with Gasteiger partial charge in [-0.05, 0) is 43.1 Å². The Labute approximate surface area is 183 Å². The third-order valence-electron chi connectivity index (χ3n) is 9.16. The summed E-state index contributed by atoms with van der Waals surface area (Å²) in [6, 6.07) is 0. The zero-order valence-electron chi connectivity index (χ0n) is 18.9. The van der Waals surface area contributed by atoms with Crippen molar-refractivity contribution in [2.75, 3.05) is 6.61 Å². The first-order chi connectivity index (χ1) is 14.5. The number of hydrogen-bond donors (Lipinski definition) is 2. The topological polar surface area (TPSA) is 101 Å². The molecule has 0 aromatic rings. The molecule has 7 atom stereocenters. The van der Waals surface area contributed by atoms with E-state index in [2.05, 4.69) is 0 Å². The first-order valence-corrected chi connectivity index (χ1v) is 11.6. The molecule has 0 aromatic carbocycles. The maximum atomic E-state index is 12.3. The number of aliphatic hydroxyl groups is 2. The molecule has 31 heavy (non-hydrogen) atoms. The number of carbonyl (C=O) groups is 3. The van der Waals surface area contributed by atoms with Gasteiger partial charge in [0.25, 0.3) is 0 Å². The molecule has 0 aromatic heterocycles. The van der Waals surface area contributed by atoms with Crippen molar-refractivity contribution in [3.8, 4) is 0 Å². The van der Waals surface area contributed by atoms with Gasteiger partial charge in [-0.25, -0.2) is 0 Å². The Morgan fingerprint density at radius 2 is 2.00 bits per heavy atom. The number of ketones is 2. The average molecular weight is 431 g/mol. The van der Waals surface area contributed by atoms with Crippen molar-refractivity contribution in [3.05, 3.63) is 23.3 Å². The van der Waals surface area contributed by atoms with Gasteiger partial charge in [0.1, 0.15) is 0 Å². The van der Waals surface area contributed by atoms with Crippen molar-refractivity contribution in [2.24, 2.45) is 28.6 Å². The van der Waals surface area contributed by atoms with Crippen LogP contribution in [0.25, 0.3) is 0 Å².